The summed E-state index contributed by atoms with van der Waals surface area (Å²) in [5.74, 6) is 2.92. The molecule has 0 spiro atoms. The second-order valence-electron chi connectivity index (χ2n) is 13.5. The third-order valence-corrected chi connectivity index (χ3v) is 13.8. The lowest BCUT2D eigenvalue weighted by Crippen LogP contribution is -2.23. The van der Waals surface area contributed by atoms with E-state index in [0.717, 1.165) is 90.4 Å². The molecule has 1 aromatic carbocycles. The number of hydrogen-bond acceptors (Lipinski definition) is 11. The molecule has 254 valence electrons. The zero-order valence-electron chi connectivity index (χ0n) is 27.6. The standard InChI is InChI=1S/C36H38N6O5S2/c1-20-40-41-36(47-20)30-26(10-8-21-13-17-46-18-14-21)38-32-27-6-4-16-42(27)49(43,44)34(32)31(30)29-19-22-12-15-37-35(33(22)48-29)39-25-11-9-24-23(25)5-3-7-28(24)45-2/h3,5,7,12,15,19,21,25,27H,4,6,8-11,13-14,16-18H2,1-2H3,(H,37,39)/t25-,27?/m1/s1. The molecule has 11 nitrogen and oxygen atoms in total. The zero-order valence-corrected chi connectivity index (χ0v) is 29.2. The van der Waals surface area contributed by atoms with Crippen molar-refractivity contribution in [2.75, 3.05) is 32.2 Å². The quantitative estimate of drug-likeness (QED) is 0.180. The van der Waals surface area contributed by atoms with Crippen LogP contribution >= 0.6 is 11.3 Å². The predicted molar refractivity (Wildman–Crippen MR) is 186 cm³/mol. The molecule has 7 heterocycles. The number of methoxy groups -OCH3 is 1. The first kappa shape index (κ1) is 31.1. The minimum absolute atomic E-state index is 0.0835. The Bertz CT molecular complexity index is 2190. The second kappa shape index (κ2) is 12.1. The van der Waals surface area contributed by atoms with Gasteiger partial charge in [0, 0.05) is 43.3 Å². The fraction of sp³-hybridized carbons (Fsp3) is 0.444. The Balaban J connectivity index is 1.21. The third-order valence-electron chi connectivity index (χ3n) is 10.6. The number of nitrogens with zero attached hydrogens (tertiary/aromatic N) is 5. The molecule has 0 bridgehead atoms. The van der Waals surface area contributed by atoms with Gasteiger partial charge in [0.25, 0.3) is 0 Å². The van der Waals surface area contributed by atoms with Crippen LogP contribution in [0.5, 0.6) is 5.75 Å². The summed E-state index contributed by atoms with van der Waals surface area (Å²) < 4.78 is 48.8. The smallest absolute Gasteiger partial charge is 0.250 e. The Morgan fingerprint density at radius 1 is 1.10 bits per heavy atom. The first-order chi connectivity index (χ1) is 23.9. The van der Waals surface area contributed by atoms with Gasteiger partial charge in [-0.25, -0.2) is 13.4 Å². The summed E-state index contributed by atoms with van der Waals surface area (Å²) in [7, 11) is -2.10. The number of rotatable bonds is 8. The van der Waals surface area contributed by atoms with Gasteiger partial charge in [-0.15, -0.1) is 21.5 Å². The highest BCUT2D eigenvalue weighted by molar-refractivity contribution is 7.89. The molecule has 2 saturated heterocycles. The molecule has 0 saturated carbocycles. The Hall–Kier alpha value is -3.91. The van der Waals surface area contributed by atoms with Crippen LogP contribution in [0, 0.1) is 12.8 Å². The van der Waals surface area contributed by atoms with Gasteiger partial charge in [-0.2, -0.15) is 4.31 Å². The van der Waals surface area contributed by atoms with Crippen LogP contribution in [-0.4, -0.2) is 59.8 Å². The van der Waals surface area contributed by atoms with E-state index in [0.29, 0.717) is 47.5 Å². The van der Waals surface area contributed by atoms with Gasteiger partial charge in [0.05, 0.1) is 40.8 Å². The van der Waals surface area contributed by atoms with E-state index in [4.69, 9.17) is 23.9 Å². The lowest BCUT2D eigenvalue weighted by Gasteiger charge is -2.22. The van der Waals surface area contributed by atoms with E-state index in [1.807, 2.05) is 24.4 Å². The van der Waals surface area contributed by atoms with Crippen molar-refractivity contribution in [3.05, 3.63) is 64.9 Å². The number of fused-ring (bicyclic) bond motifs is 5. The van der Waals surface area contributed by atoms with Crippen LogP contribution < -0.4 is 10.1 Å². The largest absolute Gasteiger partial charge is 0.496 e. The van der Waals surface area contributed by atoms with Gasteiger partial charge in [0.2, 0.25) is 21.8 Å². The SMILES string of the molecule is COc1cccc2c1CC[C@H]2Nc1nccc2cc(-c3c(-c4nnc(C)o4)c(CCC4CCOCC4)nc4c3S(=O)(=O)N3CCCC43)sc12. The maximum absolute atomic E-state index is 14.4. The molecule has 2 atom stereocenters. The number of pyridine rings is 2. The molecule has 1 unspecified atom stereocenters. The van der Waals surface area contributed by atoms with E-state index in [2.05, 4.69) is 27.6 Å². The minimum Gasteiger partial charge on any atom is -0.496 e. The van der Waals surface area contributed by atoms with Gasteiger partial charge in [-0.3, -0.25) is 4.98 Å². The van der Waals surface area contributed by atoms with Gasteiger partial charge in [-0.05, 0) is 92.0 Å². The fourth-order valence-corrected chi connectivity index (χ4v) is 11.6. The van der Waals surface area contributed by atoms with Crippen LogP contribution in [-0.2, 0) is 27.6 Å². The molecule has 1 aliphatic carbocycles. The molecule has 4 aromatic heterocycles. The summed E-state index contributed by atoms with van der Waals surface area (Å²) in [6.45, 7) is 3.79. The normalized spacial score (nSPS) is 21.6. The van der Waals surface area contributed by atoms with Crippen LogP contribution in [0.25, 0.3) is 32.0 Å². The summed E-state index contributed by atoms with van der Waals surface area (Å²) in [5.41, 5.74) is 5.16. The second-order valence-corrected chi connectivity index (χ2v) is 16.3. The Labute approximate surface area is 289 Å². The van der Waals surface area contributed by atoms with E-state index in [1.54, 1.807) is 29.7 Å². The lowest BCUT2D eigenvalue weighted by atomic mass is 9.91. The highest BCUT2D eigenvalue weighted by Crippen LogP contribution is 2.53. The first-order valence-corrected chi connectivity index (χ1v) is 19.4. The van der Waals surface area contributed by atoms with Crippen molar-refractivity contribution in [1.29, 1.82) is 0 Å². The summed E-state index contributed by atoms with van der Waals surface area (Å²) in [5, 5.41) is 13.4. The van der Waals surface area contributed by atoms with Crippen LogP contribution in [0.4, 0.5) is 5.82 Å². The number of ether oxygens (including phenoxy) is 2. The molecule has 49 heavy (non-hydrogen) atoms. The zero-order chi connectivity index (χ0) is 33.3. The highest BCUT2D eigenvalue weighted by Gasteiger charge is 2.49. The summed E-state index contributed by atoms with van der Waals surface area (Å²) in [4.78, 5) is 11.1. The fourth-order valence-electron chi connectivity index (χ4n) is 8.28. The molecule has 4 aliphatic rings. The molecule has 0 radical (unpaired) electrons. The number of hydrogen-bond donors (Lipinski definition) is 1. The molecule has 5 aromatic rings. The topological polar surface area (TPSA) is 133 Å². The monoisotopic (exact) mass is 698 g/mol. The van der Waals surface area contributed by atoms with E-state index in [-0.39, 0.29) is 17.0 Å². The molecule has 2 fully saturated rings. The average Bonchev–Trinajstić information content (AvgIpc) is 3.95. The van der Waals surface area contributed by atoms with Gasteiger partial charge in [0.1, 0.15) is 16.5 Å². The minimum atomic E-state index is -3.82. The van der Waals surface area contributed by atoms with Crippen LogP contribution in [0.1, 0.15) is 79.0 Å². The Kier molecular flexibility index (Phi) is 7.71. The van der Waals surface area contributed by atoms with Gasteiger partial charge < -0.3 is 19.2 Å². The average molecular weight is 699 g/mol. The summed E-state index contributed by atoms with van der Waals surface area (Å²) in [6, 6.07) is 10.1. The van der Waals surface area contributed by atoms with Crippen molar-refractivity contribution in [3.63, 3.8) is 0 Å². The van der Waals surface area contributed by atoms with Crippen LogP contribution in [0.3, 0.4) is 0 Å². The van der Waals surface area contributed by atoms with E-state index in [1.165, 1.54) is 11.1 Å². The van der Waals surface area contributed by atoms with E-state index in [9.17, 15) is 8.42 Å². The predicted octanol–water partition coefficient (Wildman–Crippen LogP) is 7.02. The molecule has 0 amide bonds. The molecule has 3 aliphatic heterocycles. The van der Waals surface area contributed by atoms with Gasteiger partial charge >= 0.3 is 0 Å². The van der Waals surface area contributed by atoms with Crippen molar-refractivity contribution < 1.29 is 22.3 Å². The number of thiophene rings is 1. The maximum atomic E-state index is 14.4. The van der Waals surface area contributed by atoms with Crippen LogP contribution in [0.15, 0.2) is 45.8 Å². The van der Waals surface area contributed by atoms with Crippen molar-refractivity contribution in [1.82, 2.24) is 24.5 Å². The number of aromatic nitrogens is 4. The number of aryl methyl sites for hydroxylation is 2. The summed E-state index contributed by atoms with van der Waals surface area (Å²) >= 11 is 1.55. The van der Waals surface area contributed by atoms with E-state index >= 15 is 0 Å². The summed E-state index contributed by atoms with van der Waals surface area (Å²) in [6.07, 6.45) is 8.86. The number of benzene rings is 1. The Morgan fingerprint density at radius 3 is 2.80 bits per heavy atom. The maximum Gasteiger partial charge on any atom is 0.250 e. The first-order valence-electron chi connectivity index (χ1n) is 17.2. The third kappa shape index (κ3) is 5.16. The van der Waals surface area contributed by atoms with Crippen LogP contribution in [0.2, 0.25) is 0 Å². The van der Waals surface area contributed by atoms with Gasteiger partial charge in [-0.1, -0.05) is 12.1 Å². The lowest BCUT2D eigenvalue weighted by molar-refractivity contribution is 0.0639. The van der Waals surface area contributed by atoms with Crippen molar-refractivity contribution >= 4 is 37.3 Å². The molecular weight excluding hydrogens is 661 g/mol. The van der Waals surface area contributed by atoms with Gasteiger partial charge in [0.15, 0.2) is 0 Å². The van der Waals surface area contributed by atoms with Crippen molar-refractivity contribution in [3.8, 4) is 27.6 Å². The van der Waals surface area contributed by atoms with Crippen molar-refractivity contribution in [2.45, 2.75) is 75.3 Å². The molecule has 13 heteroatoms. The van der Waals surface area contributed by atoms with Crippen molar-refractivity contribution in [2.24, 2.45) is 5.92 Å². The molecule has 1 N–H and O–H groups in total. The molecule has 9 rings (SSSR count). The molecular formula is C36H38N6O5S2. The number of sulfonamides is 1. The number of nitrogens with one attached hydrogen (secondary N) is 1. The highest BCUT2D eigenvalue weighted by atomic mass is 32.2. The number of anilines is 1. The van der Waals surface area contributed by atoms with E-state index < -0.39 is 10.0 Å². The Morgan fingerprint density at radius 2 is 1.98 bits per heavy atom.